The van der Waals surface area contributed by atoms with Crippen LogP contribution < -0.4 is 10.5 Å². The Morgan fingerprint density at radius 1 is 1.24 bits per heavy atom. The Kier molecular flexibility index (Phi) is 3.59. The van der Waals surface area contributed by atoms with Gasteiger partial charge in [-0.2, -0.15) is 5.10 Å². The molecule has 0 atom stereocenters. The molecule has 2 N–H and O–H groups in total. The molecule has 2 heterocycles. The Labute approximate surface area is 122 Å². The summed E-state index contributed by atoms with van der Waals surface area (Å²) >= 11 is 0. The summed E-state index contributed by atoms with van der Waals surface area (Å²) in [6, 6.07) is 7.58. The summed E-state index contributed by atoms with van der Waals surface area (Å²) in [7, 11) is 1.90. The lowest BCUT2D eigenvalue weighted by molar-refractivity contribution is 0.299. The van der Waals surface area contributed by atoms with E-state index >= 15 is 0 Å². The molecule has 0 spiro atoms. The van der Waals surface area contributed by atoms with E-state index in [1.807, 2.05) is 42.1 Å². The summed E-state index contributed by atoms with van der Waals surface area (Å²) in [4.78, 5) is 4.01. The smallest absolute Gasteiger partial charge is 0.128 e. The number of hydrogen-bond acceptors (Lipinski definition) is 4. The van der Waals surface area contributed by atoms with Crippen molar-refractivity contribution in [1.82, 2.24) is 19.3 Å². The average Bonchev–Trinajstić information content (AvgIpc) is 3.12. The molecular formula is C15H17N5O. The quantitative estimate of drug-likeness (QED) is 0.726. The topological polar surface area (TPSA) is 70.9 Å². The van der Waals surface area contributed by atoms with Gasteiger partial charge in [0.2, 0.25) is 0 Å². The van der Waals surface area contributed by atoms with Gasteiger partial charge >= 0.3 is 0 Å². The zero-order valence-corrected chi connectivity index (χ0v) is 11.8. The normalized spacial score (nSPS) is 10.7. The van der Waals surface area contributed by atoms with Crippen molar-refractivity contribution in [2.24, 2.45) is 7.05 Å². The van der Waals surface area contributed by atoms with Gasteiger partial charge in [0.25, 0.3) is 0 Å². The lowest BCUT2D eigenvalue weighted by Crippen LogP contribution is -2.07. The lowest BCUT2D eigenvalue weighted by atomic mass is 10.1. The fourth-order valence-electron chi connectivity index (χ4n) is 2.19. The van der Waals surface area contributed by atoms with E-state index < -0.39 is 0 Å². The first-order chi connectivity index (χ1) is 10.2. The Bertz CT molecular complexity index is 718. The van der Waals surface area contributed by atoms with Crippen molar-refractivity contribution in [2.75, 3.05) is 12.3 Å². The highest BCUT2D eigenvalue weighted by Crippen LogP contribution is 2.31. The van der Waals surface area contributed by atoms with Gasteiger partial charge in [-0.15, -0.1) is 0 Å². The summed E-state index contributed by atoms with van der Waals surface area (Å²) in [5.41, 5.74) is 8.51. The third kappa shape index (κ3) is 2.89. The highest BCUT2D eigenvalue weighted by molar-refractivity contribution is 5.71. The molecule has 1 aromatic carbocycles. The second-order valence-electron chi connectivity index (χ2n) is 4.74. The molecule has 0 saturated heterocycles. The molecule has 0 aliphatic carbocycles. The molecule has 21 heavy (non-hydrogen) atoms. The van der Waals surface area contributed by atoms with Crippen LogP contribution in [-0.2, 0) is 13.6 Å². The molecule has 0 aliphatic rings. The first kappa shape index (κ1) is 13.2. The maximum absolute atomic E-state index is 5.90. The van der Waals surface area contributed by atoms with Gasteiger partial charge in [-0.3, -0.25) is 4.68 Å². The van der Waals surface area contributed by atoms with Crippen LogP contribution in [0.25, 0.3) is 11.3 Å². The van der Waals surface area contributed by atoms with Crippen molar-refractivity contribution in [2.45, 2.75) is 6.54 Å². The second-order valence-corrected chi connectivity index (χ2v) is 4.74. The Balaban J connectivity index is 1.80. The van der Waals surface area contributed by atoms with Crippen molar-refractivity contribution >= 4 is 5.69 Å². The molecule has 0 bridgehead atoms. The van der Waals surface area contributed by atoms with Gasteiger partial charge in [0.15, 0.2) is 0 Å². The van der Waals surface area contributed by atoms with E-state index in [9.17, 15) is 0 Å². The minimum absolute atomic E-state index is 0.561. The molecule has 0 fully saturated rings. The number of nitrogens with two attached hydrogens (primary N) is 1. The number of ether oxygens (including phenoxy) is 1. The zero-order chi connectivity index (χ0) is 14.7. The second kappa shape index (κ2) is 5.70. The summed E-state index contributed by atoms with van der Waals surface area (Å²) in [5.74, 6) is 0.799. The minimum atomic E-state index is 0.561. The standard InChI is InChI=1S/C15H17N5O/c1-19-14(4-5-18-19)13-10-12(16)2-3-15(13)21-9-8-20-7-6-17-11-20/h2-7,10-11H,8-9,16H2,1H3. The van der Waals surface area contributed by atoms with E-state index in [0.717, 1.165) is 23.6 Å². The van der Waals surface area contributed by atoms with Gasteiger partial charge in [0.05, 0.1) is 18.6 Å². The summed E-state index contributed by atoms with van der Waals surface area (Å²) in [6.07, 6.45) is 7.20. The SMILES string of the molecule is Cn1nccc1-c1cc(N)ccc1OCCn1ccnc1. The number of aromatic nitrogens is 4. The van der Waals surface area contributed by atoms with Gasteiger partial charge in [-0.25, -0.2) is 4.98 Å². The van der Waals surface area contributed by atoms with E-state index in [1.165, 1.54) is 0 Å². The van der Waals surface area contributed by atoms with Gasteiger partial charge in [0, 0.05) is 36.9 Å². The molecule has 6 nitrogen and oxygen atoms in total. The van der Waals surface area contributed by atoms with Crippen molar-refractivity contribution < 1.29 is 4.74 Å². The fraction of sp³-hybridized carbons (Fsp3) is 0.200. The number of benzene rings is 1. The van der Waals surface area contributed by atoms with Gasteiger partial charge in [-0.05, 0) is 24.3 Å². The van der Waals surface area contributed by atoms with Crippen LogP contribution in [-0.4, -0.2) is 25.9 Å². The van der Waals surface area contributed by atoms with Crippen LogP contribution in [0, 0.1) is 0 Å². The monoisotopic (exact) mass is 283 g/mol. The first-order valence-corrected chi connectivity index (χ1v) is 6.70. The van der Waals surface area contributed by atoms with E-state index in [1.54, 1.807) is 23.4 Å². The van der Waals surface area contributed by atoms with Crippen LogP contribution in [0.1, 0.15) is 0 Å². The van der Waals surface area contributed by atoms with Crippen LogP contribution in [0.4, 0.5) is 5.69 Å². The number of nitrogen functional groups attached to an aromatic ring is 1. The number of imidazole rings is 1. The number of rotatable bonds is 5. The van der Waals surface area contributed by atoms with Crippen molar-refractivity contribution in [1.29, 1.82) is 0 Å². The highest BCUT2D eigenvalue weighted by atomic mass is 16.5. The maximum atomic E-state index is 5.90. The van der Waals surface area contributed by atoms with Crippen LogP contribution in [0.15, 0.2) is 49.2 Å². The zero-order valence-electron chi connectivity index (χ0n) is 11.8. The number of aryl methyl sites for hydroxylation is 1. The average molecular weight is 283 g/mol. The molecule has 0 unspecified atom stereocenters. The van der Waals surface area contributed by atoms with E-state index in [4.69, 9.17) is 10.5 Å². The fourth-order valence-corrected chi connectivity index (χ4v) is 2.19. The van der Waals surface area contributed by atoms with Crippen LogP contribution in [0.3, 0.4) is 0 Å². The van der Waals surface area contributed by atoms with Crippen molar-refractivity contribution in [3.8, 4) is 17.0 Å². The third-order valence-corrected chi connectivity index (χ3v) is 3.27. The predicted molar refractivity (Wildman–Crippen MR) is 80.8 cm³/mol. The predicted octanol–water partition coefficient (Wildman–Crippen LogP) is 1.94. The van der Waals surface area contributed by atoms with Gasteiger partial charge in [0.1, 0.15) is 12.4 Å². The Morgan fingerprint density at radius 3 is 2.86 bits per heavy atom. The van der Waals surface area contributed by atoms with Gasteiger partial charge in [-0.1, -0.05) is 0 Å². The molecule has 108 valence electrons. The Hall–Kier alpha value is -2.76. The summed E-state index contributed by atoms with van der Waals surface area (Å²) in [5, 5.41) is 4.19. The molecular weight excluding hydrogens is 266 g/mol. The maximum Gasteiger partial charge on any atom is 0.128 e. The summed E-state index contributed by atoms with van der Waals surface area (Å²) < 4.78 is 9.68. The number of anilines is 1. The molecule has 0 amide bonds. The molecule has 3 rings (SSSR count). The van der Waals surface area contributed by atoms with Gasteiger partial charge < -0.3 is 15.0 Å². The van der Waals surface area contributed by atoms with Crippen molar-refractivity contribution in [3.63, 3.8) is 0 Å². The first-order valence-electron chi connectivity index (χ1n) is 6.70. The lowest BCUT2D eigenvalue weighted by Gasteiger charge is -2.13. The highest BCUT2D eigenvalue weighted by Gasteiger charge is 2.10. The van der Waals surface area contributed by atoms with E-state index in [2.05, 4.69) is 10.1 Å². The van der Waals surface area contributed by atoms with Crippen LogP contribution in [0.2, 0.25) is 0 Å². The molecule has 3 aromatic rings. The van der Waals surface area contributed by atoms with Crippen molar-refractivity contribution in [3.05, 3.63) is 49.2 Å². The summed E-state index contributed by atoms with van der Waals surface area (Å²) in [6.45, 7) is 1.31. The largest absolute Gasteiger partial charge is 0.491 e. The number of hydrogen-bond donors (Lipinski definition) is 1. The van der Waals surface area contributed by atoms with Crippen LogP contribution >= 0.6 is 0 Å². The van der Waals surface area contributed by atoms with E-state index in [-0.39, 0.29) is 0 Å². The molecule has 2 aromatic heterocycles. The Morgan fingerprint density at radius 2 is 2.14 bits per heavy atom. The molecule has 6 heteroatoms. The van der Waals surface area contributed by atoms with E-state index in [0.29, 0.717) is 12.3 Å². The number of nitrogens with zero attached hydrogens (tertiary/aromatic N) is 4. The molecule has 0 aliphatic heterocycles. The third-order valence-electron chi connectivity index (χ3n) is 3.27. The van der Waals surface area contributed by atoms with Crippen LogP contribution in [0.5, 0.6) is 5.75 Å². The molecule has 0 radical (unpaired) electrons. The molecule has 0 saturated carbocycles. The minimum Gasteiger partial charge on any atom is -0.491 e.